The summed E-state index contributed by atoms with van der Waals surface area (Å²) in [7, 11) is 0. The third-order valence-electron chi connectivity index (χ3n) is 5.03. The SMILES string of the molecule is O=CC[C@H](OC(=O)c1ccccc1)[C@@H](OC(=O)c1ccccc1)[C@H](CO)OC(=O)c1ccccc1. The number of carbonyl (C=O) groups is 4. The molecule has 180 valence electrons. The second-order valence-electron chi connectivity index (χ2n) is 7.44. The van der Waals surface area contributed by atoms with Crippen molar-refractivity contribution >= 4 is 24.2 Å². The average Bonchev–Trinajstić information content (AvgIpc) is 2.91. The van der Waals surface area contributed by atoms with Gasteiger partial charge in [-0.25, -0.2) is 14.4 Å². The Morgan fingerprint density at radius 1 is 0.629 bits per heavy atom. The summed E-state index contributed by atoms with van der Waals surface area (Å²) < 4.78 is 16.5. The van der Waals surface area contributed by atoms with E-state index in [2.05, 4.69) is 0 Å². The van der Waals surface area contributed by atoms with Crippen LogP contribution in [0.5, 0.6) is 0 Å². The average molecular weight is 476 g/mol. The van der Waals surface area contributed by atoms with Gasteiger partial charge in [-0.15, -0.1) is 0 Å². The predicted octanol–water partition coefficient (Wildman–Crippen LogP) is 3.24. The first-order valence-corrected chi connectivity index (χ1v) is 10.9. The van der Waals surface area contributed by atoms with E-state index in [0.29, 0.717) is 6.29 Å². The number of hydrogen-bond acceptors (Lipinski definition) is 8. The highest BCUT2D eigenvalue weighted by atomic mass is 16.6. The van der Waals surface area contributed by atoms with Crippen molar-refractivity contribution in [1.29, 1.82) is 0 Å². The Balaban J connectivity index is 1.90. The lowest BCUT2D eigenvalue weighted by Crippen LogP contribution is -2.47. The molecule has 0 saturated carbocycles. The summed E-state index contributed by atoms with van der Waals surface area (Å²) in [5, 5.41) is 10.0. The molecule has 0 saturated heterocycles. The summed E-state index contributed by atoms with van der Waals surface area (Å²) in [5.41, 5.74) is 0.591. The molecule has 8 heteroatoms. The summed E-state index contributed by atoms with van der Waals surface area (Å²) in [6.07, 6.45) is -4.12. The Morgan fingerprint density at radius 3 is 1.37 bits per heavy atom. The van der Waals surface area contributed by atoms with Crippen LogP contribution >= 0.6 is 0 Å². The molecule has 0 aromatic heterocycles. The van der Waals surface area contributed by atoms with Crippen LogP contribution in [0.2, 0.25) is 0 Å². The third kappa shape index (κ3) is 7.09. The summed E-state index contributed by atoms with van der Waals surface area (Å²) >= 11 is 0. The van der Waals surface area contributed by atoms with Crippen LogP contribution in [0.25, 0.3) is 0 Å². The first kappa shape index (κ1) is 25.3. The van der Waals surface area contributed by atoms with Crippen LogP contribution in [0, 0.1) is 0 Å². The van der Waals surface area contributed by atoms with E-state index in [1.807, 2.05) is 0 Å². The monoisotopic (exact) mass is 476 g/mol. The fraction of sp³-hybridized carbons (Fsp3) is 0.185. The molecule has 1 N–H and O–H groups in total. The highest BCUT2D eigenvalue weighted by Crippen LogP contribution is 2.20. The summed E-state index contributed by atoms with van der Waals surface area (Å²) in [6.45, 7) is -0.760. The molecule has 0 aliphatic heterocycles. The molecule has 0 spiro atoms. The second kappa shape index (κ2) is 12.8. The predicted molar refractivity (Wildman–Crippen MR) is 125 cm³/mol. The van der Waals surface area contributed by atoms with Gasteiger partial charge in [-0.1, -0.05) is 54.6 Å². The first-order chi connectivity index (χ1) is 17.0. The topological polar surface area (TPSA) is 116 Å². The van der Waals surface area contributed by atoms with Crippen molar-refractivity contribution in [3.05, 3.63) is 108 Å². The van der Waals surface area contributed by atoms with Gasteiger partial charge in [0.25, 0.3) is 0 Å². The zero-order valence-electron chi connectivity index (χ0n) is 18.7. The Hall–Kier alpha value is -4.30. The van der Waals surface area contributed by atoms with Crippen molar-refractivity contribution in [2.45, 2.75) is 24.7 Å². The Kier molecular flexibility index (Phi) is 9.27. The molecule has 3 aromatic carbocycles. The minimum absolute atomic E-state index is 0.183. The van der Waals surface area contributed by atoms with E-state index in [4.69, 9.17) is 14.2 Å². The first-order valence-electron chi connectivity index (χ1n) is 10.9. The quantitative estimate of drug-likeness (QED) is 0.255. The normalized spacial score (nSPS) is 13.1. The Morgan fingerprint density at radius 2 is 1.00 bits per heavy atom. The molecule has 3 atom stereocenters. The molecule has 3 aromatic rings. The smallest absolute Gasteiger partial charge is 0.338 e. The zero-order chi connectivity index (χ0) is 25.0. The zero-order valence-corrected chi connectivity index (χ0v) is 18.7. The van der Waals surface area contributed by atoms with E-state index < -0.39 is 42.8 Å². The molecule has 0 fully saturated rings. The molecule has 0 aliphatic rings. The van der Waals surface area contributed by atoms with Crippen molar-refractivity contribution in [1.82, 2.24) is 0 Å². The largest absolute Gasteiger partial charge is 0.454 e. The number of benzene rings is 3. The molecule has 0 aliphatic carbocycles. The van der Waals surface area contributed by atoms with Crippen LogP contribution in [-0.2, 0) is 19.0 Å². The molecule has 0 amide bonds. The number of aliphatic hydroxyl groups excluding tert-OH is 1. The number of carbonyl (C=O) groups excluding carboxylic acids is 4. The number of esters is 3. The van der Waals surface area contributed by atoms with Gasteiger partial charge in [0, 0.05) is 6.42 Å². The highest BCUT2D eigenvalue weighted by Gasteiger charge is 2.38. The molecular weight excluding hydrogens is 452 g/mol. The lowest BCUT2D eigenvalue weighted by molar-refractivity contribution is -0.119. The fourth-order valence-electron chi connectivity index (χ4n) is 3.27. The van der Waals surface area contributed by atoms with E-state index in [0.717, 1.165) is 0 Å². The number of aliphatic hydroxyl groups is 1. The maximum atomic E-state index is 12.8. The van der Waals surface area contributed by atoms with E-state index in [-0.39, 0.29) is 23.1 Å². The van der Waals surface area contributed by atoms with E-state index in [1.54, 1.807) is 54.6 Å². The maximum absolute atomic E-state index is 12.8. The molecule has 0 heterocycles. The van der Waals surface area contributed by atoms with Crippen LogP contribution in [-0.4, -0.2) is 54.2 Å². The highest BCUT2D eigenvalue weighted by molar-refractivity contribution is 5.91. The third-order valence-corrected chi connectivity index (χ3v) is 5.03. The lowest BCUT2D eigenvalue weighted by Gasteiger charge is -2.31. The molecule has 35 heavy (non-hydrogen) atoms. The van der Waals surface area contributed by atoms with Gasteiger partial charge in [-0.05, 0) is 36.4 Å². The van der Waals surface area contributed by atoms with Crippen LogP contribution in [0.3, 0.4) is 0 Å². The Labute approximate surface area is 202 Å². The fourth-order valence-corrected chi connectivity index (χ4v) is 3.27. The van der Waals surface area contributed by atoms with Crippen LogP contribution < -0.4 is 0 Å². The summed E-state index contributed by atoms with van der Waals surface area (Å²) in [4.78, 5) is 49.6. The van der Waals surface area contributed by atoms with Gasteiger partial charge < -0.3 is 24.1 Å². The lowest BCUT2D eigenvalue weighted by atomic mass is 10.0. The standard InChI is InChI=1S/C27H24O8/c28-17-16-22(33-25(30)19-10-4-1-5-11-19)24(35-27(32)21-14-8-3-9-15-21)23(18-29)34-26(31)20-12-6-2-7-13-20/h1-15,17,22-24,29H,16,18H2/t22-,23-,24+/m0/s1. The Bertz CT molecular complexity index is 1120. The van der Waals surface area contributed by atoms with Crippen LogP contribution in [0.4, 0.5) is 0 Å². The van der Waals surface area contributed by atoms with E-state index >= 15 is 0 Å². The second-order valence-corrected chi connectivity index (χ2v) is 7.44. The number of ether oxygens (including phenoxy) is 3. The van der Waals surface area contributed by atoms with E-state index in [9.17, 15) is 24.3 Å². The maximum Gasteiger partial charge on any atom is 0.338 e. The molecule has 0 unspecified atom stereocenters. The number of rotatable bonds is 11. The van der Waals surface area contributed by atoms with Crippen LogP contribution in [0.1, 0.15) is 37.5 Å². The van der Waals surface area contributed by atoms with Gasteiger partial charge >= 0.3 is 17.9 Å². The molecule has 8 nitrogen and oxygen atoms in total. The summed E-state index contributed by atoms with van der Waals surface area (Å²) in [5.74, 6) is -2.37. The minimum Gasteiger partial charge on any atom is -0.454 e. The van der Waals surface area contributed by atoms with Crippen molar-refractivity contribution in [2.75, 3.05) is 6.61 Å². The van der Waals surface area contributed by atoms with Gasteiger partial charge in [0.05, 0.1) is 23.3 Å². The van der Waals surface area contributed by atoms with Gasteiger partial charge in [0.15, 0.2) is 12.2 Å². The molecule has 3 rings (SSSR count). The molecular formula is C27H24O8. The van der Waals surface area contributed by atoms with Gasteiger partial charge in [0.2, 0.25) is 0 Å². The summed E-state index contributed by atoms with van der Waals surface area (Å²) in [6, 6.07) is 24.0. The molecule has 0 bridgehead atoms. The van der Waals surface area contributed by atoms with Gasteiger partial charge in [0.1, 0.15) is 12.4 Å². The van der Waals surface area contributed by atoms with Gasteiger partial charge in [-0.3, -0.25) is 0 Å². The van der Waals surface area contributed by atoms with Crippen molar-refractivity contribution in [3.8, 4) is 0 Å². The van der Waals surface area contributed by atoms with Crippen molar-refractivity contribution in [3.63, 3.8) is 0 Å². The minimum atomic E-state index is -1.47. The molecule has 0 radical (unpaired) electrons. The van der Waals surface area contributed by atoms with Crippen LogP contribution in [0.15, 0.2) is 91.0 Å². The number of hydrogen-bond donors (Lipinski definition) is 1. The number of aldehydes is 1. The van der Waals surface area contributed by atoms with Crippen molar-refractivity contribution in [2.24, 2.45) is 0 Å². The van der Waals surface area contributed by atoms with Gasteiger partial charge in [-0.2, -0.15) is 0 Å². The van der Waals surface area contributed by atoms with E-state index in [1.165, 1.54) is 36.4 Å². The van der Waals surface area contributed by atoms with Crippen molar-refractivity contribution < 1.29 is 38.5 Å².